The number of benzene rings is 1. The second-order valence-electron chi connectivity index (χ2n) is 6.24. The van der Waals surface area contributed by atoms with E-state index < -0.39 is 0 Å². The fourth-order valence-corrected chi connectivity index (χ4v) is 4.07. The highest BCUT2D eigenvalue weighted by Crippen LogP contribution is 2.53. The summed E-state index contributed by atoms with van der Waals surface area (Å²) < 4.78 is 0. The van der Waals surface area contributed by atoms with Crippen molar-refractivity contribution in [3.63, 3.8) is 0 Å². The molecule has 0 radical (unpaired) electrons. The monoisotopic (exact) mass is 296 g/mol. The number of fused-ring (bicyclic) bond motifs is 5. The smallest absolute Gasteiger partial charge is 0.238 e. The van der Waals surface area contributed by atoms with Crippen LogP contribution in [-0.2, 0) is 9.59 Å². The van der Waals surface area contributed by atoms with Gasteiger partial charge in [0.05, 0.1) is 23.2 Å². The van der Waals surface area contributed by atoms with Gasteiger partial charge in [0.15, 0.2) is 0 Å². The van der Waals surface area contributed by atoms with Crippen LogP contribution in [0.15, 0.2) is 41.6 Å². The molecule has 2 aliphatic carbocycles. The molecule has 4 atom stereocenters. The molecule has 5 heteroatoms. The second-order valence-corrected chi connectivity index (χ2v) is 6.24. The van der Waals surface area contributed by atoms with Crippen molar-refractivity contribution >= 4 is 23.2 Å². The Labute approximate surface area is 127 Å². The molecule has 22 heavy (non-hydrogen) atoms. The molecule has 1 saturated carbocycles. The van der Waals surface area contributed by atoms with Crippen LogP contribution >= 0.6 is 0 Å². The average molecular weight is 296 g/mol. The highest BCUT2D eigenvalue weighted by Gasteiger charge is 2.59. The standard InChI is InChI=1S/C17H16N2O3/c1-9(18-22)10-4-6-13(7-5-10)19-16(20)14-11-2-3-12(8-11)15(14)17(19)21/h2-7,11-12,14-15,22H,8H2,1H3/b18-9+/t11-,12+,14-,15-/m0/s1. The van der Waals surface area contributed by atoms with E-state index in [1.165, 1.54) is 4.90 Å². The Bertz CT molecular complexity index is 690. The van der Waals surface area contributed by atoms with Gasteiger partial charge in [0.1, 0.15) is 0 Å². The van der Waals surface area contributed by atoms with Crippen LogP contribution in [0.2, 0.25) is 0 Å². The molecule has 1 saturated heterocycles. The van der Waals surface area contributed by atoms with Gasteiger partial charge in [-0.15, -0.1) is 0 Å². The Balaban J connectivity index is 1.67. The zero-order valence-corrected chi connectivity index (χ0v) is 12.1. The molecule has 2 amide bonds. The Morgan fingerprint density at radius 1 is 1.09 bits per heavy atom. The summed E-state index contributed by atoms with van der Waals surface area (Å²) in [4.78, 5) is 26.7. The molecule has 0 spiro atoms. The maximum atomic E-state index is 12.7. The van der Waals surface area contributed by atoms with E-state index in [0.29, 0.717) is 11.4 Å². The normalized spacial score (nSPS) is 33.0. The number of carbonyl (C=O) groups excluding carboxylic acids is 2. The number of imide groups is 1. The van der Waals surface area contributed by atoms with Gasteiger partial charge in [0.2, 0.25) is 11.8 Å². The van der Waals surface area contributed by atoms with Gasteiger partial charge in [-0.3, -0.25) is 14.5 Å². The summed E-state index contributed by atoms with van der Waals surface area (Å²) >= 11 is 0. The lowest BCUT2D eigenvalue weighted by Crippen LogP contribution is -2.32. The molecule has 5 nitrogen and oxygen atoms in total. The quantitative estimate of drug-likeness (QED) is 0.299. The summed E-state index contributed by atoms with van der Waals surface area (Å²) in [6.45, 7) is 1.69. The van der Waals surface area contributed by atoms with Gasteiger partial charge in [-0.25, -0.2) is 0 Å². The highest BCUT2D eigenvalue weighted by atomic mass is 16.4. The Hall–Kier alpha value is -2.43. The van der Waals surface area contributed by atoms with Gasteiger partial charge in [0, 0.05) is 0 Å². The van der Waals surface area contributed by atoms with Crippen LogP contribution in [-0.4, -0.2) is 22.7 Å². The first kappa shape index (κ1) is 13.2. The first-order valence-corrected chi connectivity index (χ1v) is 7.47. The van der Waals surface area contributed by atoms with Crippen LogP contribution in [0.1, 0.15) is 18.9 Å². The van der Waals surface area contributed by atoms with Gasteiger partial charge < -0.3 is 5.21 Å². The number of rotatable bonds is 2. The third kappa shape index (κ3) is 1.62. The summed E-state index contributed by atoms with van der Waals surface area (Å²) in [7, 11) is 0. The molecule has 1 N–H and O–H groups in total. The molecule has 2 fully saturated rings. The molecular formula is C17H16N2O3. The molecule has 1 aromatic carbocycles. The lowest BCUT2D eigenvalue weighted by atomic mass is 9.85. The molecule has 112 valence electrons. The summed E-state index contributed by atoms with van der Waals surface area (Å²) in [6, 6.07) is 6.98. The topological polar surface area (TPSA) is 70.0 Å². The molecule has 4 rings (SSSR count). The molecule has 0 unspecified atom stereocenters. The van der Waals surface area contributed by atoms with Crippen molar-refractivity contribution in [1.82, 2.24) is 0 Å². The first-order valence-electron chi connectivity index (χ1n) is 7.47. The predicted octanol–water partition coefficient (Wildman–Crippen LogP) is 2.20. The van der Waals surface area contributed by atoms with Crippen LogP contribution in [0.4, 0.5) is 5.69 Å². The minimum Gasteiger partial charge on any atom is -0.411 e. The van der Waals surface area contributed by atoms with E-state index in [2.05, 4.69) is 17.3 Å². The zero-order chi connectivity index (χ0) is 15.4. The third-order valence-corrected chi connectivity index (χ3v) is 5.16. The highest BCUT2D eigenvalue weighted by molar-refractivity contribution is 6.22. The van der Waals surface area contributed by atoms with Crippen molar-refractivity contribution in [2.45, 2.75) is 13.3 Å². The third-order valence-electron chi connectivity index (χ3n) is 5.16. The molecule has 1 aliphatic heterocycles. The number of allylic oxidation sites excluding steroid dienone is 2. The maximum Gasteiger partial charge on any atom is 0.238 e. The maximum absolute atomic E-state index is 12.7. The van der Waals surface area contributed by atoms with E-state index >= 15 is 0 Å². The second kappa shape index (κ2) is 4.53. The number of oxime groups is 1. The number of hydrogen-bond acceptors (Lipinski definition) is 4. The fourth-order valence-electron chi connectivity index (χ4n) is 4.07. The Morgan fingerprint density at radius 3 is 2.14 bits per heavy atom. The number of nitrogens with zero attached hydrogens (tertiary/aromatic N) is 2. The van der Waals surface area contributed by atoms with Gasteiger partial charge in [-0.1, -0.05) is 29.4 Å². The van der Waals surface area contributed by atoms with Crippen LogP contribution < -0.4 is 4.90 Å². The fraction of sp³-hybridized carbons (Fsp3) is 0.353. The van der Waals surface area contributed by atoms with Crippen molar-refractivity contribution < 1.29 is 14.8 Å². The van der Waals surface area contributed by atoms with E-state index in [0.717, 1.165) is 12.0 Å². The van der Waals surface area contributed by atoms with Crippen molar-refractivity contribution in [1.29, 1.82) is 0 Å². The minimum atomic E-state index is -0.178. The van der Waals surface area contributed by atoms with E-state index in [-0.39, 0.29) is 35.5 Å². The lowest BCUT2D eigenvalue weighted by Gasteiger charge is -2.17. The van der Waals surface area contributed by atoms with E-state index in [4.69, 9.17) is 5.21 Å². The number of hydrogen-bond donors (Lipinski definition) is 1. The van der Waals surface area contributed by atoms with Crippen LogP contribution in [0.3, 0.4) is 0 Å². The van der Waals surface area contributed by atoms with Gasteiger partial charge in [0.25, 0.3) is 0 Å². The molecule has 1 aromatic rings. The van der Waals surface area contributed by atoms with E-state index in [1.54, 1.807) is 31.2 Å². The van der Waals surface area contributed by atoms with E-state index in [1.807, 2.05) is 0 Å². The Kier molecular flexibility index (Phi) is 2.73. The lowest BCUT2D eigenvalue weighted by molar-refractivity contribution is -0.123. The largest absolute Gasteiger partial charge is 0.411 e. The molecule has 1 heterocycles. The Morgan fingerprint density at radius 2 is 1.64 bits per heavy atom. The summed E-state index contributed by atoms with van der Waals surface area (Å²) in [6.07, 6.45) is 5.11. The molecule has 3 aliphatic rings. The predicted molar refractivity (Wildman–Crippen MR) is 80.6 cm³/mol. The first-order chi connectivity index (χ1) is 10.6. The van der Waals surface area contributed by atoms with Crippen molar-refractivity contribution in [3.05, 3.63) is 42.0 Å². The molecule has 0 aromatic heterocycles. The molecule has 2 bridgehead atoms. The average Bonchev–Trinajstić information content (AvgIpc) is 3.21. The summed E-state index contributed by atoms with van der Waals surface area (Å²) in [5.74, 6) is -0.0656. The molecular weight excluding hydrogens is 280 g/mol. The van der Waals surface area contributed by atoms with Crippen LogP contribution in [0.25, 0.3) is 0 Å². The SMILES string of the molecule is C/C(=N\O)c1ccc(N2C(=O)[C@@H]3[C@@H](C2=O)[C@H]2C=C[C@@H]3C2)cc1. The van der Waals surface area contributed by atoms with Gasteiger partial charge in [-0.2, -0.15) is 0 Å². The van der Waals surface area contributed by atoms with Crippen molar-refractivity contribution in [2.24, 2.45) is 28.8 Å². The van der Waals surface area contributed by atoms with E-state index in [9.17, 15) is 9.59 Å². The van der Waals surface area contributed by atoms with Crippen LogP contribution in [0, 0.1) is 23.7 Å². The van der Waals surface area contributed by atoms with Crippen LogP contribution in [0.5, 0.6) is 0 Å². The van der Waals surface area contributed by atoms with Gasteiger partial charge in [-0.05, 0) is 42.9 Å². The summed E-state index contributed by atoms with van der Waals surface area (Å²) in [5, 5.41) is 11.9. The summed E-state index contributed by atoms with van der Waals surface area (Å²) in [5.41, 5.74) is 1.84. The van der Waals surface area contributed by atoms with Crippen molar-refractivity contribution in [3.8, 4) is 0 Å². The number of carbonyl (C=O) groups is 2. The zero-order valence-electron chi connectivity index (χ0n) is 12.1. The number of amides is 2. The van der Waals surface area contributed by atoms with Gasteiger partial charge >= 0.3 is 0 Å². The minimum absolute atomic E-state index is 0.0767. The van der Waals surface area contributed by atoms with Crippen molar-refractivity contribution in [2.75, 3.05) is 4.90 Å². The number of anilines is 1.